The Morgan fingerprint density at radius 2 is 1.68 bits per heavy atom. The summed E-state index contributed by atoms with van der Waals surface area (Å²) < 4.78 is 5.25. The van der Waals surface area contributed by atoms with Crippen LogP contribution in [0.25, 0.3) is 0 Å². The fraction of sp³-hybridized carbons (Fsp3) is 0.600. The minimum absolute atomic E-state index is 0.0344. The van der Waals surface area contributed by atoms with Crippen molar-refractivity contribution in [2.45, 2.75) is 26.7 Å². The number of allylic oxidation sites excluding steroid dienone is 3. The largest absolute Gasteiger partial charge is 0.378 e. The highest BCUT2D eigenvalue weighted by Crippen LogP contribution is 2.33. The monoisotopic (exact) mass is 263 g/mol. The highest BCUT2D eigenvalue weighted by molar-refractivity contribution is 6.22. The van der Waals surface area contributed by atoms with Crippen molar-refractivity contribution < 1.29 is 14.3 Å². The lowest BCUT2D eigenvalue weighted by molar-refractivity contribution is -0.127. The highest BCUT2D eigenvalue weighted by atomic mass is 16.5. The van der Waals surface area contributed by atoms with E-state index in [-0.39, 0.29) is 17.0 Å². The van der Waals surface area contributed by atoms with E-state index in [1.165, 1.54) is 0 Å². The van der Waals surface area contributed by atoms with Gasteiger partial charge in [0, 0.05) is 25.9 Å². The molecule has 4 nitrogen and oxygen atoms in total. The van der Waals surface area contributed by atoms with Gasteiger partial charge in [0.2, 0.25) is 0 Å². The maximum absolute atomic E-state index is 11.9. The average Bonchev–Trinajstić information content (AvgIpc) is 2.32. The number of hydrogen-bond donors (Lipinski definition) is 0. The van der Waals surface area contributed by atoms with E-state index >= 15 is 0 Å². The van der Waals surface area contributed by atoms with E-state index in [0.717, 1.165) is 26.3 Å². The first-order chi connectivity index (χ1) is 8.98. The van der Waals surface area contributed by atoms with Crippen LogP contribution in [0.1, 0.15) is 26.7 Å². The zero-order chi connectivity index (χ0) is 13.9. The summed E-state index contributed by atoms with van der Waals surface area (Å²) in [6.07, 6.45) is 6.30. The van der Waals surface area contributed by atoms with Crippen molar-refractivity contribution in [2.75, 3.05) is 26.3 Å². The Bertz CT molecular complexity index is 407. The van der Waals surface area contributed by atoms with Crippen molar-refractivity contribution >= 4 is 11.6 Å². The van der Waals surface area contributed by atoms with Gasteiger partial charge in [-0.25, -0.2) is 0 Å². The number of ketones is 2. The molecule has 2 rings (SSSR count). The zero-order valence-electron chi connectivity index (χ0n) is 11.6. The molecular weight excluding hydrogens is 242 g/mol. The third kappa shape index (κ3) is 3.77. The molecule has 0 bridgehead atoms. The number of ether oxygens (including phenoxy) is 1. The van der Waals surface area contributed by atoms with Crippen LogP contribution in [0.3, 0.4) is 0 Å². The van der Waals surface area contributed by atoms with Gasteiger partial charge < -0.3 is 9.64 Å². The fourth-order valence-electron chi connectivity index (χ4n) is 2.45. The number of morpholine rings is 1. The van der Waals surface area contributed by atoms with Crippen molar-refractivity contribution in [2.24, 2.45) is 5.41 Å². The van der Waals surface area contributed by atoms with Gasteiger partial charge in [0.1, 0.15) is 0 Å². The summed E-state index contributed by atoms with van der Waals surface area (Å²) in [5.74, 6) is -0.0687. The molecule has 0 N–H and O–H groups in total. The Morgan fingerprint density at radius 3 is 2.26 bits per heavy atom. The van der Waals surface area contributed by atoms with Crippen LogP contribution >= 0.6 is 0 Å². The second kappa shape index (κ2) is 5.70. The minimum atomic E-state index is -0.195. The molecule has 1 aliphatic heterocycles. The second-order valence-corrected chi connectivity index (χ2v) is 5.93. The highest BCUT2D eigenvalue weighted by Gasteiger charge is 2.35. The van der Waals surface area contributed by atoms with Crippen molar-refractivity contribution in [1.29, 1.82) is 0 Å². The molecule has 2 fully saturated rings. The van der Waals surface area contributed by atoms with Gasteiger partial charge in [-0.05, 0) is 23.8 Å². The zero-order valence-corrected chi connectivity index (χ0v) is 11.6. The van der Waals surface area contributed by atoms with Crippen LogP contribution in [0, 0.1) is 5.41 Å². The molecule has 1 heterocycles. The van der Waals surface area contributed by atoms with Crippen molar-refractivity contribution in [3.63, 3.8) is 0 Å². The fourth-order valence-corrected chi connectivity index (χ4v) is 2.45. The smallest absolute Gasteiger partial charge is 0.166 e. The lowest BCUT2D eigenvalue weighted by Crippen LogP contribution is -2.32. The second-order valence-electron chi connectivity index (χ2n) is 5.93. The van der Waals surface area contributed by atoms with Crippen LogP contribution < -0.4 is 0 Å². The summed E-state index contributed by atoms with van der Waals surface area (Å²) in [5, 5.41) is 0. The Balaban J connectivity index is 2.00. The van der Waals surface area contributed by atoms with Gasteiger partial charge in [0.05, 0.1) is 18.8 Å². The van der Waals surface area contributed by atoms with Gasteiger partial charge in [0.25, 0.3) is 0 Å². The summed E-state index contributed by atoms with van der Waals surface area (Å²) in [6, 6.07) is 0. The van der Waals surface area contributed by atoms with Crippen molar-refractivity contribution in [1.82, 2.24) is 4.90 Å². The third-order valence-corrected chi connectivity index (χ3v) is 3.48. The molecule has 4 heteroatoms. The first-order valence-electron chi connectivity index (χ1n) is 6.75. The SMILES string of the molecule is CC1(C)CC(=O)C(=C/C=C/N2CCOCC2)C(=O)C1. The first kappa shape index (κ1) is 14.0. The van der Waals surface area contributed by atoms with Gasteiger partial charge in [-0.15, -0.1) is 0 Å². The molecule has 1 aliphatic carbocycles. The van der Waals surface area contributed by atoms with E-state index in [9.17, 15) is 9.59 Å². The van der Waals surface area contributed by atoms with Gasteiger partial charge in [-0.2, -0.15) is 0 Å². The Labute approximate surface area is 114 Å². The predicted octanol–water partition coefficient (Wildman–Crippen LogP) is 1.72. The van der Waals surface area contributed by atoms with Crippen molar-refractivity contribution in [3.05, 3.63) is 23.9 Å². The Hall–Kier alpha value is -1.42. The quantitative estimate of drug-likeness (QED) is 0.562. The van der Waals surface area contributed by atoms with Crippen LogP contribution in [0.5, 0.6) is 0 Å². The molecule has 0 radical (unpaired) electrons. The normalized spacial score (nSPS) is 24.1. The maximum Gasteiger partial charge on any atom is 0.166 e. The number of rotatable bonds is 2. The molecule has 1 saturated heterocycles. The first-order valence-corrected chi connectivity index (χ1v) is 6.75. The Morgan fingerprint density at radius 1 is 1.11 bits per heavy atom. The molecule has 19 heavy (non-hydrogen) atoms. The number of nitrogens with zero attached hydrogens (tertiary/aromatic N) is 1. The maximum atomic E-state index is 11.9. The summed E-state index contributed by atoms with van der Waals surface area (Å²) in [5.41, 5.74) is 0.156. The molecule has 0 amide bonds. The Kier molecular flexibility index (Phi) is 4.20. The predicted molar refractivity (Wildman–Crippen MR) is 72.6 cm³/mol. The number of carbonyl (C=O) groups excluding carboxylic acids is 2. The summed E-state index contributed by atoms with van der Waals surface area (Å²) in [7, 11) is 0. The lowest BCUT2D eigenvalue weighted by atomic mass is 9.74. The van der Waals surface area contributed by atoms with E-state index in [4.69, 9.17) is 4.74 Å². The molecule has 0 aromatic carbocycles. The summed E-state index contributed by atoms with van der Waals surface area (Å²) in [6.45, 7) is 7.09. The van der Waals surface area contributed by atoms with Crippen molar-refractivity contribution in [3.8, 4) is 0 Å². The average molecular weight is 263 g/mol. The number of carbonyl (C=O) groups is 2. The van der Waals surface area contributed by atoms with Crippen LogP contribution in [-0.4, -0.2) is 42.8 Å². The molecule has 0 atom stereocenters. The molecule has 2 aliphatic rings. The summed E-state index contributed by atoms with van der Waals surface area (Å²) >= 11 is 0. The van der Waals surface area contributed by atoms with E-state index in [1.54, 1.807) is 12.2 Å². The molecule has 104 valence electrons. The molecule has 0 aromatic heterocycles. The molecule has 0 spiro atoms. The standard InChI is InChI=1S/C15H21NO3/c1-15(2)10-13(17)12(14(18)11-15)4-3-5-16-6-8-19-9-7-16/h3-5H,6-11H2,1-2H3/b5-3+. The third-order valence-electron chi connectivity index (χ3n) is 3.48. The molecule has 1 saturated carbocycles. The van der Waals surface area contributed by atoms with E-state index in [1.807, 2.05) is 20.0 Å². The van der Waals surface area contributed by atoms with Gasteiger partial charge in [-0.1, -0.05) is 13.8 Å². The van der Waals surface area contributed by atoms with Crippen LogP contribution in [0.2, 0.25) is 0 Å². The van der Waals surface area contributed by atoms with Gasteiger partial charge in [0.15, 0.2) is 11.6 Å². The number of hydrogen-bond acceptors (Lipinski definition) is 4. The van der Waals surface area contributed by atoms with E-state index in [0.29, 0.717) is 18.4 Å². The number of Topliss-reactive ketones (excluding diaryl/α,β-unsaturated/α-hetero) is 2. The topological polar surface area (TPSA) is 46.6 Å². The minimum Gasteiger partial charge on any atom is -0.378 e. The van der Waals surface area contributed by atoms with Crippen LogP contribution in [0.15, 0.2) is 23.9 Å². The van der Waals surface area contributed by atoms with Gasteiger partial charge in [-0.3, -0.25) is 9.59 Å². The van der Waals surface area contributed by atoms with E-state index in [2.05, 4.69) is 4.90 Å². The molecule has 0 aromatic rings. The lowest BCUT2D eigenvalue weighted by Gasteiger charge is -2.28. The summed E-state index contributed by atoms with van der Waals surface area (Å²) in [4.78, 5) is 26.0. The molecule has 0 unspecified atom stereocenters. The van der Waals surface area contributed by atoms with Crippen LogP contribution in [-0.2, 0) is 14.3 Å². The van der Waals surface area contributed by atoms with E-state index < -0.39 is 0 Å². The molecular formula is C15H21NO3. The van der Waals surface area contributed by atoms with Gasteiger partial charge >= 0.3 is 0 Å². The van der Waals surface area contributed by atoms with Crippen LogP contribution in [0.4, 0.5) is 0 Å².